The first-order valence-electron chi connectivity index (χ1n) is 8.89. The standard InChI is InChI=1S/C21H30N/c1-3-5-6-7-9-12-19-15-17-22(18-16-19)21(4-2)20-13-10-8-11-14-20/h8,10-11,13-18,21H,3-7,9,12H2,1-2H3/q+1. The van der Waals surface area contributed by atoms with Gasteiger partial charge in [0, 0.05) is 24.1 Å². The van der Waals surface area contributed by atoms with E-state index < -0.39 is 0 Å². The Balaban J connectivity index is 1.93. The van der Waals surface area contributed by atoms with Gasteiger partial charge in [-0.2, -0.15) is 4.57 Å². The number of benzene rings is 1. The van der Waals surface area contributed by atoms with Gasteiger partial charge < -0.3 is 0 Å². The average Bonchev–Trinajstić information content (AvgIpc) is 2.58. The van der Waals surface area contributed by atoms with E-state index in [9.17, 15) is 0 Å². The lowest BCUT2D eigenvalue weighted by atomic mass is 10.0. The largest absolute Gasteiger partial charge is 0.198 e. The maximum absolute atomic E-state index is 2.34. The minimum atomic E-state index is 0.444. The molecule has 1 aromatic carbocycles. The van der Waals surface area contributed by atoms with E-state index >= 15 is 0 Å². The summed E-state index contributed by atoms with van der Waals surface area (Å²) in [5.74, 6) is 0. The summed E-state index contributed by atoms with van der Waals surface area (Å²) in [5.41, 5.74) is 2.86. The van der Waals surface area contributed by atoms with Crippen LogP contribution in [-0.4, -0.2) is 0 Å². The van der Waals surface area contributed by atoms with Gasteiger partial charge in [0.05, 0.1) is 0 Å². The van der Waals surface area contributed by atoms with Gasteiger partial charge in [-0.05, 0) is 18.4 Å². The maximum Gasteiger partial charge on any atom is 0.183 e. The first kappa shape index (κ1) is 16.7. The summed E-state index contributed by atoms with van der Waals surface area (Å²) in [7, 11) is 0. The average molecular weight is 296 g/mol. The predicted octanol–water partition coefficient (Wildman–Crippen LogP) is 5.49. The number of hydrogen-bond donors (Lipinski definition) is 0. The van der Waals surface area contributed by atoms with Gasteiger partial charge in [-0.25, -0.2) is 0 Å². The molecule has 1 nitrogen and oxygen atoms in total. The Bertz CT molecular complexity index is 515. The summed E-state index contributed by atoms with van der Waals surface area (Å²) in [6.07, 6.45) is 13.6. The van der Waals surface area contributed by atoms with Crippen LogP contribution in [0, 0.1) is 0 Å². The topological polar surface area (TPSA) is 3.88 Å². The third-order valence-electron chi connectivity index (χ3n) is 4.42. The highest BCUT2D eigenvalue weighted by molar-refractivity contribution is 5.17. The number of nitrogens with zero attached hydrogens (tertiary/aromatic N) is 1. The summed E-state index contributed by atoms with van der Waals surface area (Å²) in [4.78, 5) is 0. The molecule has 0 amide bonds. The third kappa shape index (κ3) is 4.98. The smallest absolute Gasteiger partial charge is 0.183 e. The number of rotatable bonds is 9. The zero-order valence-electron chi connectivity index (χ0n) is 14.2. The molecule has 0 aliphatic rings. The zero-order valence-corrected chi connectivity index (χ0v) is 14.2. The minimum absolute atomic E-state index is 0.444. The summed E-state index contributed by atoms with van der Waals surface area (Å²) in [6, 6.07) is 15.8. The Morgan fingerprint density at radius 2 is 1.50 bits per heavy atom. The van der Waals surface area contributed by atoms with E-state index in [0.717, 1.165) is 6.42 Å². The molecule has 0 saturated carbocycles. The van der Waals surface area contributed by atoms with Crippen molar-refractivity contribution < 1.29 is 4.57 Å². The van der Waals surface area contributed by atoms with E-state index in [1.165, 1.54) is 49.7 Å². The molecule has 0 radical (unpaired) electrons. The number of pyridine rings is 1. The van der Waals surface area contributed by atoms with Gasteiger partial charge in [-0.1, -0.05) is 69.9 Å². The highest BCUT2D eigenvalue weighted by Gasteiger charge is 2.17. The van der Waals surface area contributed by atoms with E-state index in [4.69, 9.17) is 0 Å². The molecule has 22 heavy (non-hydrogen) atoms. The lowest BCUT2D eigenvalue weighted by Gasteiger charge is -2.11. The second kappa shape index (κ2) is 9.40. The molecule has 118 valence electrons. The van der Waals surface area contributed by atoms with E-state index in [1.807, 2.05) is 0 Å². The van der Waals surface area contributed by atoms with Crippen molar-refractivity contribution in [3.05, 3.63) is 66.0 Å². The van der Waals surface area contributed by atoms with Gasteiger partial charge in [0.25, 0.3) is 0 Å². The molecule has 1 heteroatoms. The Morgan fingerprint density at radius 1 is 0.818 bits per heavy atom. The fraction of sp³-hybridized carbons (Fsp3) is 0.476. The van der Waals surface area contributed by atoms with Crippen LogP contribution in [0.5, 0.6) is 0 Å². The first-order chi connectivity index (χ1) is 10.8. The molecule has 0 aliphatic heterocycles. The molecule has 1 unspecified atom stereocenters. The van der Waals surface area contributed by atoms with Crippen molar-refractivity contribution in [1.29, 1.82) is 0 Å². The predicted molar refractivity (Wildman–Crippen MR) is 94.0 cm³/mol. The fourth-order valence-corrected chi connectivity index (χ4v) is 3.07. The van der Waals surface area contributed by atoms with Gasteiger partial charge >= 0.3 is 0 Å². The van der Waals surface area contributed by atoms with Crippen LogP contribution in [-0.2, 0) is 6.42 Å². The molecule has 0 N–H and O–H groups in total. The van der Waals surface area contributed by atoms with Crippen LogP contribution >= 0.6 is 0 Å². The minimum Gasteiger partial charge on any atom is -0.198 e. The molecule has 1 heterocycles. The van der Waals surface area contributed by atoms with Crippen LogP contribution in [0.15, 0.2) is 54.9 Å². The Labute approximate surface area is 136 Å². The molecule has 2 aromatic rings. The van der Waals surface area contributed by atoms with Crippen LogP contribution in [0.1, 0.15) is 69.5 Å². The van der Waals surface area contributed by atoms with Crippen LogP contribution in [0.25, 0.3) is 0 Å². The van der Waals surface area contributed by atoms with E-state index in [-0.39, 0.29) is 0 Å². The quantitative estimate of drug-likeness (QED) is 0.426. The summed E-state index contributed by atoms with van der Waals surface area (Å²) >= 11 is 0. The molecule has 0 spiro atoms. The molecule has 0 fully saturated rings. The highest BCUT2D eigenvalue weighted by atomic mass is 15.0. The van der Waals surface area contributed by atoms with Crippen molar-refractivity contribution in [3.63, 3.8) is 0 Å². The Hall–Kier alpha value is -1.63. The van der Waals surface area contributed by atoms with Crippen molar-refractivity contribution >= 4 is 0 Å². The van der Waals surface area contributed by atoms with Crippen molar-refractivity contribution in [2.75, 3.05) is 0 Å². The van der Waals surface area contributed by atoms with E-state index in [0.29, 0.717) is 6.04 Å². The maximum atomic E-state index is 2.34. The number of aromatic nitrogens is 1. The lowest BCUT2D eigenvalue weighted by molar-refractivity contribution is -0.714. The molecular formula is C21H30N+. The van der Waals surface area contributed by atoms with E-state index in [1.54, 1.807) is 0 Å². The molecule has 0 saturated heterocycles. The molecule has 2 rings (SSSR count). The van der Waals surface area contributed by atoms with Crippen LogP contribution in [0.4, 0.5) is 0 Å². The van der Waals surface area contributed by atoms with Gasteiger partial charge in [-0.15, -0.1) is 0 Å². The van der Waals surface area contributed by atoms with Gasteiger partial charge in [0.2, 0.25) is 0 Å². The zero-order chi connectivity index (χ0) is 15.6. The number of unbranched alkanes of at least 4 members (excludes halogenated alkanes) is 4. The second-order valence-electron chi connectivity index (χ2n) is 6.15. The molecule has 1 atom stereocenters. The third-order valence-corrected chi connectivity index (χ3v) is 4.42. The van der Waals surface area contributed by atoms with Crippen molar-refractivity contribution in [3.8, 4) is 0 Å². The number of aryl methyl sites for hydroxylation is 1. The molecule has 0 bridgehead atoms. The first-order valence-corrected chi connectivity index (χ1v) is 8.89. The van der Waals surface area contributed by atoms with Gasteiger partial charge in [0.1, 0.15) is 0 Å². The van der Waals surface area contributed by atoms with Crippen molar-refractivity contribution in [2.45, 2.75) is 64.8 Å². The van der Waals surface area contributed by atoms with E-state index in [2.05, 4.69) is 73.3 Å². The number of hydrogen-bond acceptors (Lipinski definition) is 0. The molecular weight excluding hydrogens is 266 g/mol. The SMILES string of the molecule is CCCCCCCc1cc[n+](C(CC)c2ccccc2)cc1. The van der Waals surface area contributed by atoms with Gasteiger partial charge in [0.15, 0.2) is 18.4 Å². The molecule has 1 aromatic heterocycles. The van der Waals surface area contributed by atoms with Crippen LogP contribution in [0.3, 0.4) is 0 Å². The fourth-order valence-electron chi connectivity index (χ4n) is 3.07. The van der Waals surface area contributed by atoms with Crippen molar-refractivity contribution in [2.24, 2.45) is 0 Å². The summed E-state index contributed by atoms with van der Waals surface area (Å²) in [6.45, 7) is 4.53. The second-order valence-corrected chi connectivity index (χ2v) is 6.15. The Morgan fingerprint density at radius 3 is 2.14 bits per heavy atom. The summed E-state index contributed by atoms with van der Waals surface area (Å²) < 4.78 is 2.34. The molecule has 0 aliphatic carbocycles. The monoisotopic (exact) mass is 296 g/mol. The normalized spacial score (nSPS) is 12.3. The van der Waals surface area contributed by atoms with Crippen LogP contribution < -0.4 is 4.57 Å². The lowest BCUT2D eigenvalue weighted by Crippen LogP contribution is -2.39. The van der Waals surface area contributed by atoms with Crippen molar-refractivity contribution in [1.82, 2.24) is 0 Å². The highest BCUT2D eigenvalue weighted by Crippen LogP contribution is 2.16. The summed E-state index contributed by atoms with van der Waals surface area (Å²) in [5, 5.41) is 0. The van der Waals surface area contributed by atoms with Crippen LogP contribution in [0.2, 0.25) is 0 Å². The van der Waals surface area contributed by atoms with Gasteiger partial charge in [-0.3, -0.25) is 0 Å². The Kier molecular flexibility index (Phi) is 7.15.